The summed E-state index contributed by atoms with van der Waals surface area (Å²) < 4.78 is 26.9. The molecule has 4 atom stereocenters. The first-order valence-corrected chi connectivity index (χ1v) is 13.2. The summed E-state index contributed by atoms with van der Waals surface area (Å²) in [7, 11) is 0. The molecule has 194 valence electrons. The third-order valence-corrected chi connectivity index (χ3v) is 7.64. The van der Waals surface area contributed by atoms with E-state index < -0.39 is 0 Å². The van der Waals surface area contributed by atoms with Crippen molar-refractivity contribution in [2.75, 3.05) is 19.7 Å². The number of piperidine rings is 1. The van der Waals surface area contributed by atoms with Gasteiger partial charge in [-0.15, -0.1) is 0 Å². The van der Waals surface area contributed by atoms with Crippen LogP contribution in [-0.2, 0) is 16.0 Å². The number of nitrogens with zero attached hydrogens (tertiary/aromatic N) is 3. The number of ether oxygens (including phenoxy) is 2. The molecular formula is C30H34FN3O3. The van der Waals surface area contributed by atoms with E-state index in [1.807, 2.05) is 18.2 Å². The highest BCUT2D eigenvalue weighted by molar-refractivity contribution is 5.66. The van der Waals surface area contributed by atoms with Crippen molar-refractivity contribution >= 4 is 5.97 Å². The number of rotatable bonds is 9. The van der Waals surface area contributed by atoms with Crippen molar-refractivity contribution in [3.05, 3.63) is 65.0 Å². The number of hydrogen-bond donors (Lipinski definition) is 0. The molecule has 1 heterocycles. The molecule has 0 amide bonds. The standard InChI is InChI=1S/C30H34FN3O3/c1-21(35)37-29-8-3-5-24(29)17-25-6-2-7-28(30(25)31)23-13-15-34(26(18-23)20-33)14-4-16-36-27-11-9-22(19-32)10-12-27/h2,6-7,9-12,23-24,26,29H,3-5,8,13-18H2,1H3. The van der Waals surface area contributed by atoms with Gasteiger partial charge in [-0.1, -0.05) is 18.2 Å². The minimum Gasteiger partial charge on any atom is -0.494 e. The zero-order valence-electron chi connectivity index (χ0n) is 21.4. The highest BCUT2D eigenvalue weighted by Gasteiger charge is 2.33. The zero-order valence-corrected chi connectivity index (χ0v) is 21.4. The van der Waals surface area contributed by atoms with E-state index in [-0.39, 0.29) is 35.8 Å². The summed E-state index contributed by atoms with van der Waals surface area (Å²) in [5.41, 5.74) is 1.97. The third-order valence-electron chi connectivity index (χ3n) is 7.64. The predicted molar refractivity (Wildman–Crippen MR) is 137 cm³/mol. The maximum absolute atomic E-state index is 15.6. The van der Waals surface area contributed by atoms with Gasteiger partial charge in [0.1, 0.15) is 17.7 Å². The van der Waals surface area contributed by atoms with E-state index in [9.17, 15) is 10.1 Å². The predicted octanol–water partition coefficient (Wildman–Crippen LogP) is 5.51. The molecule has 4 rings (SSSR count). The molecule has 2 aliphatic rings. The van der Waals surface area contributed by atoms with Crippen molar-refractivity contribution in [3.8, 4) is 17.9 Å². The fourth-order valence-electron chi connectivity index (χ4n) is 5.74. The number of likely N-dealkylation sites (tertiary alicyclic amines) is 1. The average molecular weight is 504 g/mol. The second-order valence-electron chi connectivity index (χ2n) is 10.1. The number of benzene rings is 2. The van der Waals surface area contributed by atoms with Gasteiger partial charge in [-0.05, 0) is 92.8 Å². The lowest BCUT2D eigenvalue weighted by molar-refractivity contribution is -0.148. The summed E-state index contributed by atoms with van der Waals surface area (Å²) >= 11 is 0. The topological polar surface area (TPSA) is 86.3 Å². The molecule has 4 unspecified atom stereocenters. The molecule has 0 spiro atoms. The van der Waals surface area contributed by atoms with Crippen LogP contribution in [0.1, 0.15) is 68.1 Å². The van der Waals surface area contributed by atoms with E-state index in [1.54, 1.807) is 24.3 Å². The molecular weight excluding hydrogens is 469 g/mol. The van der Waals surface area contributed by atoms with E-state index in [4.69, 9.17) is 14.7 Å². The van der Waals surface area contributed by atoms with E-state index in [0.717, 1.165) is 50.9 Å². The molecule has 1 saturated carbocycles. The van der Waals surface area contributed by atoms with E-state index in [2.05, 4.69) is 17.0 Å². The van der Waals surface area contributed by atoms with E-state index >= 15 is 4.39 Å². The van der Waals surface area contributed by atoms with Gasteiger partial charge in [-0.25, -0.2) is 4.39 Å². The van der Waals surface area contributed by atoms with Crippen LogP contribution in [0.15, 0.2) is 42.5 Å². The lowest BCUT2D eigenvalue weighted by Crippen LogP contribution is -2.42. The summed E-state index contributed by atoms with van der Waals surface area (Å²) in [6, 6.07) is 16.9. The normalized spacial score (nSPS) is 23.7. The number of carbonyl (C=O) groups excluding carboxylic acids is 1. The molecule has 37 heavy (non-hydrogen) atoms. The molecule has 6 nitrogen and oxygen atoms in total. The molecule has 0 radical (unpaired) electrons. The Bertz CT molecular complexity index is 1150. The Balaban J connectivity index is 1.31. The molecule has 0 N–H and O–H groups in total. The molecule has 0 bridgehead atoms. The average Bonchev–Trinajstić information content (AvgIpc) is 3.34. The van der Waals surface area contributed by atoms with Gasteiger partial charge in [-0.3, -0.25) is 9.69 Å². The van der Waals surface area contributed by atoms with Crippen LogP contribution in [0.25, 0.3) is 0 Å². The first kappa shape index (κ1) is 26.6. The molecule has 2 aromatic carbocycles. The van der Waals surface area contributed by atoms with Gasteiger partial charge in [0.25, 0.3) is 0 Å². The maximum atomic E-state index is 15.6. The monoisotopic (exact) mass is 503 g/mol. The molecule has 2 fully saturated rings. The third kappa shape index (κ3) is 6.87. The van der Waals surface area contributed by atoms with Gasteiger partial charge in [-0.2, -0.15) is 10.5 Å². The number of esters is 1. The first-order valence-electron chi connectivity index (χ1n) is 13.2. The van der Waals surface area contributed by atoms with Gasteiger partial charge in [0, 0.05) is 19.4 Å². The SMILES string of the molecule is CC(=O)OC1CCCC1Cc1cccc(C2CCN(CCCOc3ccc(C#N)cc3)C(C#N)C2)c1F. The second kappa shape index (κ2) is 12.7. The Labute approximate surface area is 218 Å². The van der Waals surface area contributed by atoms with Crippen LogP contribution in [0.3, 0.4) is 0 Å². The summed E-state index contributed by atoms with van der Waals surface area (Å²) in [6.45, 7) is 3.43. The summed E-state index contributed by atoms with van der Waals surface area (Å²) in [4.78, 5) is 13.6. The van der Waals surface area contributed by atoms with Gasteiger partial charge >= 0.3 is 5.97 Å². The Kier molecular flexibility index (Phi) is 9.14. The number of nitriles is 2. The molecule has 1 aliphatic heterocycles. The molecule has 1 aliphatic carbocycles. The fraction of sp³-hybridized carbons (Fsp3) is 0.500. The lowest BCUT2D eigenvalue weighted by atomic mass is 9.83. The van der Waals surface area contributed by atoms with Crippen molar-refractivity contribution < 1.29 is 18.7 Å². The van der Waals surface area contributed by atoms with Crippen molar-refractivity contribution in [2.45, 2.75) is 69.9 Å². The van der Waals surface area contributed by atoms with Crippen LogP contribution < -0.4 is 4.74 Å². The zero-order chi connectivity index (χ0) is 26.2. The van der Waals surface area contributed by atoms with Gasteiger partial charge in [0.2, 0.25) is 0 Å². The van der Waals surface area contributed by atoms with Crippen LogP contribution >= 0.6 is 0 Å². The van der Waals surface area contributed by atoms with Gasteiger partial charge in [0.15, 0.2) is 0 Å². The van der Waals surface area contributed by atoms with Crippen LogP contribution in [0.4, 0.5) is 4.39 Å². The number of hydrogen-bond acceptors (Lipinski definition) is 6. The minimum atomic E-state index is -0.277. The summed E-state index contributed by atoms with van der Waals surface area (Å²) in [5, 5.41) is 18.7. The van der Waals surface area contributed by atoms with Crippen LogP contribution in [-0.4, -0.2) is 42.7 Å². The van der Waals surface area contributed by atoms with E-state index in [0.29, 0.717) is 36.1 Å². The Hall–Kier alpha value is -3.42. The first-order chi connectivity index (χ1) is 18.0. The Morgan fingerprint density at radius 2 is 1.95 bits per heavy atom. The summed E-state index contributed by atoms with van der Waals surface area (Å²) in [5.74, 6) is 0.433. The fourth-order valence-corrected chi connectivity index (χ4v) is 5.74. The van der Waals surface area contributed by atoms with Crippen LogP contribution in [0, 0.1) is 34.4 Å². The summed E-state index contributed by atoms with van der Waals surface area (Å²) in [6.07, 6.45) is 5.38. The van der Waals surface area contributed by atoms with Crippen molar-refractivity contribution in [2.24, 2.45) is 5.92 Å². The number of halogens is 1. The Morgan fingerprint density at radius 3 is 2.68 bits per heavy atom. The van der Waals surface area contributed by atoms with Gasteiger partial charge in [0.05, 0.1) is 30.4 Å². The van der Waals surface area contributed by atoms with Crippen LogP contribution in [0.5, 0.6) is 5.75 Å². The molecule has 1 saturated heterocycles. The molecule has 7 heteroatoms. The highest BCUT2D eigenvalue weighted by Crippen LogP contribution is 2.36. The van der Waals surface area contributed by atoms with E-state index in [1.165, 1.54) is 6.92 Å². The maximum Gasteiger partial charge on any atom is 0.302 e. The van der Waals surface area contributed by atoms with Gasteiger partial charge < -0.3 is 9.47 Å². The van der Waals surface area contributed by atoms with Crippen LogP contribution in [0.2, 0.25) is 0 Å². The molecule has 2 aromatic rings. The minimum absolute atomic E-state index is 0.00333. The van der Waals surface area contributed by atoms with Crippen molar-refractivity contribution in [1.29, 1.82) is 10.5 Å². The van der Waals surface area contributed by atoms with Crippen molar-refractivity contribution in [1.82, 2.24) is 4.90 Å². The lowest BCUT2D eigenvalue weighted by Gasteiger charge is -2.36. The smallest absolute Gasteiger partial charge is 0.302 e. The van der Waals surface area contributed by atoms with Crippen molar-refractivity contribution in [3.63, 3.8) is 0 Å². The largest absolute Gasteiger partial charge is 0.494 e. The Morgan fingerprint density at radius 1 is 1.14 bits per heavy atom. The second-order valence-corrected chi connectivity index (χ2v) is 10.1. The molecule has 0 aromatic heterocycles. The number of carbonyl (C=O) groups is 1. The quantitative estimate of drug-likeness (QED) is 0.331. The highest BCUT2D eigenvalue weighted by atomic mass is 19.1.